The Hall–Kier alpha value is -3.65. The average Bonchev–Trinajstić information content (AvgIpc) is 2.84. The van der Waals surface area contributed by atoms with Crippen molar-refractivity contribution in [3.63, 3.8) is 0 Å². The van der Waals surface area contributed by atoms with Gasteiger partial charge in [0.1, 0.15) is 23.7 Å². The number of carboxylic acids is 1. The zero-order valence-corrected chi connectivity index (χ0v) is 20.6. The van der Waals surface area contributed by atoms with Crippen molar-refractivity contribution >= 4 is 23.5 Å². The van der Waals surface area contributed by atoms with E-state index in [9.17, 15) is 19.5 Å². The van der Waals surface area contributed by atoms with E-state index in [1.807, 2.05) is 12.1 Å². The molecule has 2 aromatic carbocycles. The molecule has 9 heteroatoms. The first-order valence-corrected chi connectivity index (χ1v) is 11.6. The molecule has 0 bridgehead atoms. The van der Waals surface area contributed by atoms with Crippen molar-refractivity contribution in [3.05, 3.63) is 91.6 Å². The quantitative estimate of drug-likeness (QED) is 0.405. The van der Waals surface area contributed by atoms with Crippen LogP contribution in [-0.2, 0) is 24.3 Å². The fraction of sp³-hybridized carbons (Fsp3) is 0.308. The van der Waals surface area contributed by atoms with E-state index in [-0.39, 0.29) is 29.3 Å². The second-order valence-corrected chi connectivity index (χ2v) is 8.37. The minimum absolute atomic E-state index is 0.0189. The first kappa shape index (κ1) is 26.0. The molecule has 0 aliphatic heterocycles. The Bertz CT molecular complexity index is 1280. The van der Waals surface area contributed by atoms with Crippen LogP contribution in [0.25, 0.3) is 0 Å². The third-order valence-electron chi connectivity index (χ3n) is 5.54. The first-order chi connectivity index (χ1) is 16.8. The highest BCUT2D eigenvalue weighted by Crippen LogP contribution is 2.23. The van der Waals surface area contributed by atoms with E-state index in [4.69, 9.17) is 21.1 Å². The second-order valence-electron chi connectivity index (χ2n) is 7.99. The maximum absolute atomic E-state index is 13.2. The summed E-state index contributed by atoms with van der Waals surface area (Å²) in [6.07, 6.45) is 2.42. The molecular weight excluding hydrogens is 472 g/mol. The summed E-state index contributed by atoms with van der Waals surface area (Å²) in [5.41, 5.74) is 1.27. The number of carbonyl (C=O) groups is 2. The summed E-state index contributed by atoms with van der Waals surface area (Å²) in [4.78, 5) is 41.1. The minimum atomic E-state index is -1.10. The lowest BCUT2D eigenvalue weighted by Crippen LogP contribution is -2.32. The number of unbranched alkanes of at least 4 members (excludes halogenated alkanes) is 1. The number of hydrogen-bond donors (Lipinski definition) is 1. The van der Waals surface area contributed by atoms with Crippen molar-refractivity contribution in [2.45, 2.75) is 46.3 Å². The maximum Gasteiger partial charge on any atom is 0.345 e. The van der Waals surface area contributed by atoms with E-state index in [1.54, 1.807) is 31.2 Å². The van der Waals surface area contributed by atoms with Gasteiger partial charge in [0.2, 0.25) is 0 Å². The molecule has 0 atom stereocenters. The van der Waals surface area contributed by atoms with Crippen LogP contribution in [0.1, 0.15) is 63.1 Å². The average molecular weight is 499 g/mol. The van der Waals surface area contributed by atoms with Crippen molar-refractivity contribution in [1.82, 2.24) is 9.55 Å². The fourth-order valence-corrected chi connectivity index (χ4v) is 3.90. The number of halogens is 1. The molecule has 1 N–H and O–H groups in total. The van der Waals surface area contributed by atoms with Gasteiger partial charge in [0, 0.05) is 12.0 Å². The highest BCUT2D eigenvalue weighted by atomic mass is 35.5. The van der Waals surface area contributed by atoms with Crippen LogP contribution < -0.4 is 10.3 Å². The Morgan fingerprint density at radius 2 is 1.86 bits per heavy atom. The van der Waals surface area contributed by atoms with E-state index in [2.05, 4.69) is 11.9 Å². The van der Waals surface area contributed by atoms with E-state index in [0.717, 1.165) is 18.4 Å². The predicted molar refractivity (Wildman–Crippen MR) is 131 cm³/mol. The molecule has 0 saturated heterocycles. The largest absolute Gasteiger partial charge is 0.489 e. The van der Waals surface area contributed by atoms with Crippen LogP contribution in [0.4, 0.5) is 0 Å². The lowest BCUT2D eigenvalue weighted by Gasteiger charge is -2.15. The summed E-state index contributed by atoms with van der Waals surface area (Å²) < 4.78 is 12.1. The Morgan fingerprint density at radius 1 is 1.14 bits per heavy atom. The smallest absolute Gasteiger partial charge is 0.345 e. The molecule has 0 radical (unpaired) electrons. The Morgan fingerprint density at radius 3 is 2.49 bits per heavy atom. The number of rotatable bonds is 10. The maximum atomic E-state index is 13.2. The van der Waals surface area contributed by atoms with Crippen LogP contribution in [0.2, 0.25) is 5.02 Å². The zero-order valence-electron chi connectivity index (χ0n) is 19.8. The number of hydrogen-bond acceptors (Lipinski definition) is 6. The Labute approximate surface area is 208 Å². The monoisotopic (exact) mass is 498 g/mol. The lowest BCUT2D eigenvalue weighted by atomic mass is 10.1. The van der Waals surface area contributed by atoms with Crippen molar-refractivity contribution in [2.75, 3.05) is 7.11 Å². The highest BCUT2D eigenvalue weighted by molar-refractivity contribution is 6.34. The van der Waals surface area contributed by atoms with Crippen molar-refractivity contribution in [1.29, 1.82) is 0 Å². The molecule has 0 aliphatic rings. The fourth-order valence-electron chi connectivity index (χ4n) is 3.63. The summed E-state index contributed by atoms with van der Waals surface area (Å²) >= 11 is 6.18. The zero-order chi connectivity index (χ0) is 25.5. The molecule has 1 aromatic heterocycles. The Kier molecular flexibility index (Phi) is 8.65. The number of esters is 1. The summed E-state index contributed by atoms with van der Waals surface area (Å²) in [5, 5.41) is 9.35. The standard InChI is InChI=1S/C26H27ClN2O6/c1-4-5-9-21-28-16(2)22(26(33)34-3)24(30)29(21)14-17-10-12-19(13-11-17)35-15-18-7-6-8-20(23(18)27)25(31)32/h6-8,10-13H,4-5,9,14-15H2,1-3H3,(H,31,32). The van der Waals surface area contributed by atoms with Crippen LogP contribution in [0.3, 0.4) is 0 Å². The van der Waals surface area contributed by atoms with Gasteiger partial charge in [-0.25, -0.2) is 14.6 Å². The van der Waals surface area contributed by atoms with Gasteiger partial charge in [0.15, 0.2) is 0 Å². The number of methoxy groups -OCH3 is 1. The van der Waals surface area contributed by atoms with Gasteiger partial charge in [-0.15, -0.1) is 0 Å². The SMILES string of the molecule is CCCCc1nc(C)c(C(=O)OC)c(=O)n1Cc1ccc(OCc2cccc(C(=O)O)c2Cl)cc1. The third kappa shape index (κ3) is 6.08. The number of aryl methyl sites for hydroxylation is 2. The van der Waals surface area contributed by atoms with Gasteiger partial charge >= 0.3 is 11.9 Å². The van der Waals surface area contributed by atoms with Crippen molar-refractivity contribution in [2.24, 2.45) is 0 Å². The number of aromatic carboxylic acids is 1. The number of carboxylic acid groups (broad SMARTS) is 1. The molecule has 8 nitrogen and oxygen atoms in total. The number of benzene rings is 2. The van der Waals surface area contributed by atoms with Crippen molar-refractivity contribution in [3.8, 4) is 5.75 Å². The molecule has 0 unspecified atom stereocenters. The van der Waals surface area contributed by atoms with Crippen molar-refractivity contribution < 1.29 is 24.2 Å². The summed E-state index contributed by atoms with van der Waals surface area (Å²) in [6.45, 7) is 4.03. The van der Waals surface area contributed by atoms with Gasteiger partial charge in [0.25, 0.3) is 5.56 Å². The molecule has 35 heavy (non-hydrogen) atoms. The van der Waals surface area contributed by atoms with E-state index in [1.165, 1.54) is 17.7 Å². The minimum Gasteiger partial charge on any atom is -0.489 e. The molecule has 0 saturated carbocycles. The molecule has 184 valence electrons. The van der Waals surface area contributed by atoms with Crippen LogP contribution in [0.15, 0.2) is 47.3 Å². The number of aromatic nitrogens is 2. The summed E-state index contributed by atoms with van der Waals surface area (Å²) in [6, 6.07) is 11.9. The topological polar surface area (TPSA) is 108 Å². The molecule has 0 amide bonds. The molecule has 0 spiro atoms. The second kappa shape index (κ2) is 11.7. The van der Waals surface area contributed by atoms with Crippen LogP contribution >= 0.6 is 11.6 Å². The summed E-state index contributed by atoms with van der Waals surface area (Å²) in [7, 11) is 1.24. The van der Waals surface area contributed by atoms with Gasteiger partial charge in [-0.1, -0.05) is 49.2 Å². The van der Waals surface area contributed by atoms with E-state index >= 15 is 0 Å². The highest BCUT2D eigenvalue weighted by Gasteiger charge is 2.21. The Balaban J connectivity index is 1.82. The first-order valence-electron chi connectivity index (χ1n) is 11.2. The predicted octanol–water partition coefficient (Wildman–Crippen LogP) is 4.66. The number of carbonyl (C=O) groups excluding carboxylic acids is 1. The molecule has 3 rings (SSSR count). The van der Waals surface area contributed by atoms with Gasteiger partial charge in [-0.05, 0) is 37.1 Å². The number of ether oxygens (including phenoxy) is 2. The number of nitrogens with zero attached hydrogens (tertiary/aromatic N) is 2. The van der Waals surface area contributed by atoms with Crippen LogP contribution in [0, 0.1) is 6.92 Å². The van der Waals surface area contributed by atoms with E-state index in [0.29, 0.717) is 29.3 Å². The van der Waals surface area contributed by atoms with Crippen LogP contribution in [0.5, 0.6) is 5.75 Å². The molecular formula is C26H27ClN2O6. The summed E-state index contributed by atoms with van der Waals surface area (Å²) in [5.74, 6) is -0.627. The normalized spacial score (nSPS) is 10.7. The van der Waals surface area contributed by atoms with Gasteiger partial charge in [0.05, 0.1) is 29.9 Å². The molecule has 0 fully saturated rings. The molecule has 3 aromatic rings. The van der Waals surface area contributed by atoms with Gasteiger partial charge in [-0.3, -0.25) is 9.36 Å². The van der Waals surface area contributed by atoms with Crippen LogP contribution in [-0.4, -0.2) is 33.7 Å². The van der Waals surface area contributed by atoms with E-state index < -0.39 is 17.5 Å². The molecule has 0 aliphatic carbocycles. The van der Waals surface area contributed by atoms with Gasteiger partial charge < -0.3 is 14.6 Å². The van der Waals surface area contributed by atoms with Gasteiger partial charge in [-0.2, -0.15) is 0 Å². The molecule has 1 heterocycles. The third-order valence-corrected chi connectivity index (χ3v) is 5.99. The lowest BCUT2D eigenvalue weighted by molar-refractivity contribution is 0.0595.